The van der Waals surface area contributed by atoms with Crippen molar-refractivity contribution in [1.29, 1.82) is 0 Å². The van der Waals surface area contributed by atoms with Crippen LogP contribution in [0.3, 0.4) is 0 Å². The molecule has 0 unspecified atom stereocenters. The van der Waals surface area contributed by atoms with Gasteiger partial charge in [-0.1, -0.05) is 24.9 Å². The third-order valence-electron chi connectivity index (χ3n) is 2.71. The molecule has 0 aliphatic heterocycles. The van der Waals surface area contributed by atoms with E-state index < -0.39 is 0 Å². The van der Waals surface area contributed by atoms with Gasteiger partial charge in [0, 0.05) is 5.02 Å². The first kappa shape index (κ1) is 10.5. The summed E-state index contributed by atoms with van der Waals surface area (Å²) in [5.74, 6) is 0. The number of fused-ring (bicyclic) bond motifs is 3. The zero-order valence-corrected chi connectivity index (χ0v) is 10.1. The number of halogens is 1. The van der Waals surface area contributed by atoms with Gasteiger partial charge in [0.05, 0.1) is 16.7 Å². The summed E-state index contributed by atoms with van der Waals surface area (Å²) in [5.41, 5.74) is 3.60. The minimum Gasteiger partial charge on any atom is -0.247 e. The topological polar surface area (TPSA) is 43.1 Å². The van der Waals surface area contributed by atoms with Crippen molar-refractivity contribution >= 4 is 28.3 Å². The molecule has 86 valence electrons. The van der Waals surface area contributed by atoms with E-state index >= 15 is 0 Å². The van der Waals surface area contributed by atoms with Crippen LogP contribution in [0.5, 0.6) is 0 Å². The van der Waals surface area contributed by atoms with Crippen molar-refractivity contribution in [3.63, 3.8) is 0 Å². The second kappa shape index (κ2) is 3.96. The first-order valence-electron chi connectivity index (χ1n) is 5.57. The van der Waals surface area contributed by atoms with Gasteiger partial charge in [-0.25, -0.2) is 14.5 Å². The van der Waals surface area contributed by atoms with Crippen LogP contribution in [-0.4, -0.2) is 19.6 Å². The molecule has 0 N–H and O–H groups in total. The van der Waals surface area contributed by atoms with Crippen LogP contribution in [-0.2, 0) is 6.42 Å². The van der Waals surface area contributed by atoms with Gasteiger partial charge in [-0.05, 0) is 24.6 Å². The fourth-order valence-electron chi connectivity index (χ4n) is 1.98. The average molecular weight is 247 g/mol. The normalized spacial score (nSPS) is 11.4. The number of aromatic nitrogens is 4. The molecule has 0 radical (unpaired) electrons. The van der Waals surface area contributed by atoms with Crippen LogP contribution in [0.1, 0.15) is 19.0 Å². The second-order valence-corrected chi connectivity index (χ2v) is 4.37. The van der Waals surface area contributed by atoms with Gasteiger partial charge in [-0.2, -0.15) is 5.10 Å². The molecule has 2 aromatic heterocycles. The molecule has 0 aliphatic carbocycles. The Morgan fingerprint density at radius 2 is 2.24 bits per heavy atom. The zero-order valence-electron chi connectivity index (χ0n) is 9.39. The summed E-state index contributed by atoms with van der Waals surface area (Å²) < 4.78 is 1.80. The summed E-state index contributed by atoms with van der Waals surface area (Å²) in [6.45, 7) is 2.13. The predicted octanol–water partition coefficient (Wildman–Crippen LogP) is 2.88. The fourth-order valence-corrected chi connectivity index (χ4v) is 2.14. The molecule has 0 bridgehead atoms. The largest absolute Gasteiger partial charge is 0.247 e. The molecule has 3 rings (SSSR count). The molecule has 0 saturated heterocycles. The second-order valence-electron chi connectivity index (χ2n) is 3.94. The molecule has 0 fully saturated rings. The number of aryl methyl sites for hydroxylation is 1. The zero-order chi connectivity index (χ0) is 11.8. The van der Waals surface area contributed by atoms with Crippen LogP contribution < -0.4 is 0 Å². The van der Waals surface area contributed by atoms with Gasteiger partial charge in [-0.15, -0.1) is 0 Å². The lowest BCUT2D eigenvalue weighted by Crippen LogP contribution is -2.00. The van der Waals surface area contributed by atoms with Gasteiger partial charge in [0.15, 0.2) is 5.65 Å². The number of hydrogen-bond donors (Lipinski definition) is 0. The van der Waals surface area contributed by atoms with E-state index in [0.29, 0.717) is 5.02 Å². The Balaban J connectivity index is 2.42. The Hall–Kier alpha value is -1.68. The third-order valence-corrected chi connectivity index (χ3v) is 2.95. The molecule has 4 nitrogen and oxygen atoms in total. The van der Waals surface area contributed by atoms with Crippen LogP contribution in [0.15, 0.2) is 24.5 Å². The lowest BCUT2D eigenvalue weighted by atomic mass is 10.2. The molecule has 3 aromatic rings. The van der Waals surface area contributed by atoms with Crippen LogP contribution in [0.4, 0.5) is 0 Å². The Labute approximate surface area is 103 Å². The highest BCUT2D eigenvalue weighted by atomic mass is 35.5. The quantitative estimate of drug-likeness (QED) is 0.698. The Kier molecular flexibility index (Phi) is 2.44. The van der Waals surface area contributed by atoms with E-state index in [2.05, 4.69) is 22.0 Å². The summed E-state index contributed by atoms with van der Waals surface area (Å²) >= 11 is 6.00. The molecule has 0 atom stereocenters. The molecule has 0 amide bonds. The lowest BCUT2D eigenvalue weighted by molar-refractivity contribution is 0.876. The smallest absolute Gasteiger partial charge is 0.177 e. The molecule has 5 heteroatoms. The van der Waals surface area contributed by atoms with Crippen molar-refractivity contribution in [2.24, 2.45) is 0 Å². The average Bonchev–Trinajstić information content (AvgIpc) is 2.80. The number of benzene rings is 1. The molecule has 1 aromatic carbocycles. The molecule has 2 heterocycles. The summed E-state index contributed by atoms with van der Waals surface area (Å²) in [4.78, 5) is 8.89. The predicted molar refractivity (Wildman–Crippen MR) is 67.3 cm³/mol. The van der Waals surface area contributed by atoms with E-state index in [1.807, 2.05) is 18.2 Å². The van der Waals surface area contributed by atoms with Crippen molar-refractivity contribution in [1.82, 2.24) is 19.6 Å². The first-order valence-corrected chi connectivity index (χ1v) is 5.95. The van der Waals surface area contributed by atoms with E-state index in [1.54, 1.807) is 10.8 Å². The summed E-state index contributed by atoms with van der Waals surface area (Å²) in [7, 11) is 0. The molecular weight excluding hydrogens is 236 g/mol. The van der Waals surface area contributed by atoms with Crippen LogP contribution in [0, 0.1) is 0 Å². The van der Waals surface area contributed by atoms with Crippen molar-refractivity contribution < 1.29 is 0 Å². The SMILES string of the molecule is CCCc1nc2ccc(Cl)cc2n2ncnc12. The van der Waals surface area contributed by atoms with E-state index in [4.69, 9.17) is 11.6 Å². The van der Waals surface area contributed by atoms with Gasteiger partial charge in [-0.3, -0.25) is 0 Å². The van der Waals surface area contributed by atoms with Gasteiger partial charge in [0.1, 0.15) is 6.33 Å². The molecule has 0 saturated carbocycles. The maximum atomic E-state index is 6.00. The molecule has 0 aliphatic rings. The van der Waals surface area contributed by atoms with Gasteiger partial charge in [0.2, 0.25) is 0 Å². The van der Waals surface area contributed by atoms with E-state index in [9.17, 15) is 0 Å². The van der Waals surface area contributed by atoms with Crippen molar-refractivity contribution in [2.75, 3.05) is 0 Å². The third kappa shape index (κ3) is 1.65. The highest BCUT2D eigenvalue weighted by molar-refractivity contribution is 6.31. The maximum absolute atomic E-state index is 6.00. The van der Waals surface area contributed by atoms with Crippen molar-refractivity contribution in [2.45, 2.75) is 19.8 Å². The van der Waals surface area contributed by atoms with Crippen molar-refractivity contribution in [3.8, 4) is 0 Å². The summed E-state index contributed by atoms with van der Waals surface area (Å²) in [5, 5.41) is 4.92. The Morgan fingerprint density at radius 3 is 3.06 bits per heavy atom. The van der Waals surface area contributed by atoms with Crippen molar-refractivity contribution in [3.05, 3.63) is 35.2 Å². The highest BCUT2D eigenvalue weighted by Gasteiger charge is 2.09. The highest BCUT2D eigenvalue weighted by Crippen LogP contribution is 2.20. The first-order chi connectivity index (χ1) is 8.29. The fraction of sp³-hybridized carbons (Fsp3) is 0.250. The van der Waals surface area contributed by atoms with E-state index in [1.165, 1.54) is 0 Å². The van der Waals surface area contributed by atoms with Crippen LogP contribution in [0.2, 0.25) is 5.02 Å². The minimum atomic E-state index is 0.680. The molecule has 0 spiro atoms. The van der Waals surface area contributed by atoms with E-state index in [-0.39, 0.29) is 0 Å². The minimum absolute atomic E-state index is 0.680. The standard InChI is InChI=1S/C12H11ClN4/c1-2-3-10-12-14-7-15-17(12)11-6-8(13)4-5-9(11)16-10/h4-7H,2-3H2,1H3. The summed E-state index contributed by atoms with van der Waals surface area (Å²) in [6.07, 6.45) is 3.49. The van der Waals surface area contributed by atoms with Gasteiger partial charge in [0.25, 0.3) is 0 Å². The molecular formula is C12H11ClN4. The Morgan fingerprint density at radius 1 is 1.35 bits per heavy atom. The molecule has 17 heavy (non-hydrogen) atoms. The summed E-state index contributed by atoms with van der Waals surface area (Å²) in [6, 6.07) is 5.62. The van der Waals surface area contributed by atoms with Gasteiger partial charge >= 0.3 is 0 Å². The Bertz CT molecular complexity index is 689. The number of nitrogens with zero attached hydrogens (tertiary/aromatic N) is 4. The number of hydrogen-bond acceptors (Lipinski definition) is 3. The monoisotopic (exact) mass is 246 g/mol. The van der Waals surface area contributed by atoms with E-state index in [0.717, 1.165) is 35.2 Å². The maximum Gasteiger partial charge on any atom is 0.177 e. The van der Waals surface area contributed by atoms with Crippen LogP contribution in [0.25, 0.3) is 16.7 Å². The van der Waals surface area contributed by atoms with Gasteiger partial charge < -0.3 is 0 Å². The lowest BCUT2D eigenvalue weighted by Gasteiger charge is -2.05. The van der Waals surface area contributed by atoms with Crippen LogP contribution >= 0.6 is 11.6 Å². The number of rotatable bonds is 2.